The molecule has 2 rings (SSSR count). The standard InChI is InChI=1S/C12H18O2S/c13-11(12(14)7-1-2-8-12)6-5-10-4-3-9-15-10/h3-4,9,11,13-14H,1-2,5-8H2. The van der Waals surface area contributed by atoms with Gasteiger partial charge in [-0.05, 0) is 37.1 Å². The Balaban J connectivity index is 1.84. The summed E-state index contributed by atoms with van der Waals surface area (Å²) in [6.07, 6.45) is 4.62. The van der Waals surface area contributed by atoms with E-state index in [1.807, 2.05) is 11.4 Å². The van der Waals surface area contributed by atoms with E-state index in [4.69, 9.17) is 0 Å². The second-order valence-electron chi connectivity index (χ2n) is 4.44. The average molecular weight is 226 g/mol. The highest BCUT2D eigenvalue weighted by Gasteiger charge is 2.37. The first kappa shape index (κ1) is 11.1. The molecule has 0 saturated heterocycles. The third-order valence-corrected chi connectivity index (χ3v) is 4.27. The van der Waals surface area contributed by atoms with E-state index in [2.05, 4.69) is 6.07 Å². The Labute approximate surface area is 94.6 Å². The maximum absolute atomic E-state index is 10.1. The van der Waals surface area contributed by atoms with Crippen molar-refractivity contribution in [3.63, 3.8) is 0 Å². The van der Waals surface area contributed by atoms with Crippen LogP contribution in [0.25, 0.3) is 0 Å². The van der Waals surface area contributed by atoms with Gasteiger partial charge in [0.15, 0.2) is 0 Å². The normalized spacial score (nSPS) is 21.7. The van der Waals surface area contributed by atoms with Gasteiger partial charge in [0.05, 0.1) is 11.7 Å². The summed E-state index contributed by atoms with van der Waals surface area (Å²) in [5.74, 6) is 0. The molecule has 1 aliphatic carbocycles. The van der Waals surface area contributed by atoms with E-state index in [1.165, 1.54) is 4.88 Å². The lowest BCUT2D eigenvalue weighted by Gasteiger charge is -2.28. The molecule has 1 aromatic rings. The molecule has 2 N–H and O–H groups in total. The zero-order valence-corrected chi connectivity index (χ0v) is 9.67. The van der Waals surface area contributed by atoms with Gasteiger partial charge in [0.25, 0.3) is 0 Å². The van der Waals surface area contributed by atoms with E-state index < -0.39 is 11.7 Å². The predicted octanol–water partition coefficient (Wildman–Crippen LogP) is 2.35. The van der Waals surface area contributed by atoms with Gasteiger partial charge in [-0.25, -0.2) is 0 Å². The van der Waals surface area contributed by atoms with Gasteiger partial charge >= 0.3 is 0 Å². The van der Waals surface area contributed by atoms with E-state index >= 15 is 0 Å². The van der Waals surface area contributed by atoms with Crippen molar-refractivity contribution >= 4 is 11.3 Å². The Kier molecular flexibility index (Phi) is 3.44. The molecule has 3 heteroatoms. The van der Waals surface area contributed by atoms with Crippen molar-refractivity contribution in [3.8, 4) is 0 Å². The van der Waals surface area contributed by atoms with Crippen LogP contribution >= 0.6 is 11.3 Å². The van der Waals surface area contributed by atoms with Crippen LogP contribution < -0.4 is 0 Å². The number of thiophene rings is 1. The van der Waals surface area contributed by atoms with Gasteiger partial charge in [0.1, 0.15) is 0 Å². The monoisotopic (exact) mass is 226 g/mol. The highest BCUT2D eigenvalue weighted by molar-refractivity contribution is 7.09. The number of hydrogen-bond donors (Lipinski definition) is 2. The minimum atomic E-state index is -0.794. The van der Waals surface area contributed by atoms with Crippen LogP contribution in [0.15, 0.2) is 17.5 Å². The number of aryl methyl sites for hydroxylation is 1. The summed E-state index contributed by atoms with van der Waals surface area (Å²) < 4.78 is 0. The molecule has 0 aliphatic heterocycles. The molecule has 0 bridgehead atoms. The molecular formula is C12H18O2S. The van der Waals surface area contributed by atoms with E-state index in [-0.39, 0.29) is 0 Å². The van der Waals surface area contributed by atoms with Crippen LogP contribution in [0.5, 0.6) is 0 Å². The second-order valence-corrected chi connectivity index (χ2v) is 5.48. The minimum Gasteiger partial charge on any atom is -0.390 e. The van der Waals surface area contributed by atoms with Crippen molar-refractivity contribution in [2.45, 2.75) is 50.2 Å². The number of rotatable bonds is 4. The molecule has 0 spiro atoms. The summed E-state index contributed by atoms with van der Waals surface area (Å²) in [6.45, 7) is 0. The van der Waals surface area contributed by atoms with Crippen molar-refractivity contribution in [2.75, 3.05) is 0 Å². The predicted molar refractivity (Wildman–Crippen MR) is 62.1 cm³/mol. The summed E-state index contributed by atoms with van der Waals surface area (Å²) >= 11 is 1.71. The molecule has 1 saturated carbocycles. The molecule has 0 aromatic carbocycles. The summed E-state index contributed by atoms with van der Waals surface area (Å²) in [7, 11) is 0. The first-order chi connectivity index (χ1) is 7.21. The first-order valence-corrected chi connectivity index (χ1v) is 6.51. The smallest absolute Gasteiger partial charge is 0.0905 e. The fourth-order valence-electron chi connectivity index (χ4n) is 2.32. The second kappa shape index (κ2) is 4.64. The maximum Gasteiger partial charge on any atom is 0.0905 e. The molecule has 1 fully saturated rings. The van der Waals surface area contributed by atoms with E-state index in [9.17, 15) is 10.2 Å². The SMILES string of the molecule is OC(CCc1cccs1)C1(O)CCCC1. The quantitative estimate of drug-likeness (QED) is 0.827. The summed E-state index contributed by atoms with van der Waals surface area (Å²) in [6, 6.07) is 4.10. The van der Waals surface area contributed by atoms with Gasteiger partial charge in [-0.3, -0.25) is 0 Å². The Bertz CT molecular complexity index is 289. The molecule has 1 atom stereocenters. The molecule has 0 radical (unpaired) electrons. The summed E-state index contributed by atoms with van der Waals surface area (Å²) in [5, 5.41) is 22.2. The largest absolute Gasteiger partial charge is 0.390 e. The molecular weight excluding hydrogens is 208 g/mol. The summed E-state index contributed by atoms with van der Waals surface area (Å²) in [4.78, 5) is 1.29. The van der Waals surface area contributed by atoms with Crippen molar-refractivity contribution in [2.24, 2.45) is 0 Å². The number of aliphatic hydroxyl groups excluding tert-OH is 1. The zero-order chi connectivity index (χ0) is 10.7. The van der Waals surface area contributed by atoms with Crippen LogP contribution in [0.1, 0.15) is 37.0 Å². The molecule has 1 aromatic heterocycles. The molecule has 0 amide bonds. The van der Waals surface area contributed by atoms with Crippen molar-refractivity contribution in [1.29, 1.82) is 0 Å². The van der Waals surface area contributed by atoms with E-state index in [0.29, 0.717) is 6.42 Å². The first-order valence-electron chi connectivity index (χ1n) is 5.63. The maximum atomic E-state index is 10.1. The Hall–Kier alpha value is -0.380. The fraction of sp³-hybridized carbons (Fsp3) is 0.667. The lowest BCUT2D eigenvalue weighted by Crippen LogP contribution is -2.39. The molecule has 1 aliphatic rings. The van der Waals surface area contributed by atoms with Crippen molar-refractivity contribution in [3.05, 3.63) is 22.4 Å². The Morgan fingerprint density at radius 3 is 2.73 bits per heavy atom. The third-order valence-electron chi connectivity index (χ3n) is 3.33. The lowest BCUT2D eigenvalue weighted by molar-refractivity contribution is -0.0725. The van der Waals surface area contributed by atoms with Crippen LogP contribution in [0.3, 0.4) is 0 Å². The molecule has 15 heavy (non-hydrogen) atoms. The fourth-order valence-corrected chi connectivity index (χ4v) is 3.05. The Morgan fingerprint density at radius 2 is 2.13 bits per heavy atom. The van der Waals surface area contributed by atoms with E-state index in [0.717, 1.165) is 32.1 Å². The Morgan fingerprint density at radius 1 is 1.40 bits per heavy atom. The highest BCUT2D eigenvalue weighted by Crippen LogP contribution is 2.34. The lowest BCUT2D eigenvalue weighted by atomic mass is 9.91. The van der Waals surface area contributed by atoms with Crippen LogP contribution in [0.4, 0.5) is 0 Å². The molecule has 1 heterocycles. The number of aliphatic hydroxyl groups is 2. The number of hydrogen-bond acceptors (Lipinski definition) is 3. The van der Waals surface area contributed by atoms with E-state index in [1.54, 1.807) is 11.3 Å². The van der Waals surface area contributed by atoms with Crippen LogP contribution in [-0.4, -0.2) is 21.9 Å². The van der Waals surface area contributed by atoms with Crippen LogP contribution in [-0.2, 0) is 6.42 Å². The van der Waals surface area contributed by atoms with Crippen LogP contribution in [0, 0.1) is 0 Å². The van der Waals surface area contributed by atoms with Gasteiger partial charge in [0.2, 0.25) is 0 Å². The third kappa shape index (κ3) is 2.60. The highest BCUT2D eigenvalue weighted by atomic mass is 32.1. The molecule has 1 unspecified atom stereocenters. The van der Waals surface area contributed by atoms with Crippen molar-refractivity contribution in [1.82, 2.24) is 0 Å². The molecule has 2 nitrogen and oxygen atoms in total. The van der Waals surface area contributed by atoms with Gasteiger partial charge in [0, 0.05) is 4.88 Å². The zero-order valence-electron chi connectivity index (χ0n) is 8.85. The van der Waals surface area contributed by atoms with Gasteiger partial charge in [-0.15, -0.1) is 11.3 Å². The topological polar surface area (TPSA) is 40.5 Å². The van der Waals surface area contributed by atoms with Gasteiger partial charge in [-0.1, -0.05) is 18.9 Å². The van der Waals surface area contributed by atoms with Crippen molar-refractivity contribution < 1.29 is 10.2 Å². The molecule has 84 valence electrons. The average Bonchev–Trinajstić information content (AvgIpc) is 2.85. The van der Waals surface area contributed by atoms with Crippen LogP contribution in [0.2, 0.25) is 0 Å². The van der Waals surface area contributed by atoms with Gasteiger partial charge < -0.3 is 10.2 Å². The minimum absolute atomic E-state index is 0.554. The van der Waals surface area contributed by atoms with Gasteiger partial charge in [-0.2, -0.15) is 0 Å². The summed E-state index contributed by atoms with van der Waals surface area (Å²) in [5.41, 5.74) is -0.794.